The molecule has 2 aromatic carbocycles. The second kappa shape index (κ2) is 5.76. The summed E-state index contributed by atoms with van der Waals surface area (Å²) in [5.41, 5.74) is 1.84. The summed E-state index contributed by atoms with van der Waals surface area (Å²) >= 11 is 9.32. The first kappa shape index (κ1) is 15.4. The van der Waals surface area contributed by atoms with E-state index in [1.807, 2.05) is 6.07 Å². The summed E-state index contributed by atoms with van der Waals surface area (Å²) in [6.45, 7) is 3.50. The van der Waals surface area contributed by atoms with Gasteiger partial charge >= 0.3 is 0 Å². The molecule has 0 aliphatic carbocycles. The third kappa shape index (κ3) is 3.16. The molecule has 0 unspecified atom stereocenters. The molecule has 106 valence electrons. The predicted molar refractivity (Wildman–Crippen MR) is 85.9 cm³/mol. The molecule has 0 aliphatic rings. The lowest BCUT2D eigenvalue weighted by Crippen LogP contribution is -2.14. The summed E-state index contributed by atoms with van der Waals surface area (Å²) in [7, 11) is -3.64. The Bertz CT molecular complexity index is 760. The van der Waals surface area contributed by atoms with Gasteiger partial charge in [0.1, 0.15) is 0 Å². The maximum absolute atomic E-state index is 12.5. The zero-order valence-electron chi connectivity index (χ0n) is 10.9. The Kier molecular flexibility index (Phi) is 4.42. The third-order valence-corrected chi connectivity index (χ3v) is 5.47. The fraction of sp³-hybridized carbons (Fsp3) is 0.143. The maximum Gasteiger partial charge on any atom is 0.262 e. The van der Waals surface area contributed by atoms with Crippen molar-refractivity contribution in [2.24, 2.45) is 0 Å². The van der Waals surface area contributed by atoms with Crippen molar-refractivity contribution in [2.45, 2.75) is 18.7 Å². The molecule has 2 aromatic rings. The predicted octanol–water partition coefficient (Wildman–Crippen LogP) is 4.52. The smallest absolute Gasteiger partial charge is 0.262 e. The first-order valence-electron chi connectivity index (χ1n) is 5.85. The quantitative estimate of drug-likeness (QED) is 0.858. The maximum atomic E-state index is 12.5. The van der Waals surface area contributed by atoms with Crippen LogP contribution in [0.25, 0.3) is 0 Å². The molecule has 0 bridgehead atoms. The van der Waals surface area contributed by atoms with Crippen LogP contribution in [0.5, 0.6) is 0 Å². The van der Waals surface area contributed by atoms with E-state index in [0.717, 1.165) is 5.56 Å². The Balaban J connectivity index is 2.47. The first-order chi connectivity index (χ1) is 9.31. The number of nitrogens with one attached hydrogen (secondary N) is 1. The van der Waals surface area contributed by atoms with Crippen LogP contribution < -0.4 is 4.72 Å². The highest BCUT2D eigenvalue weighted by Crippen LogP contribution is 2.28. The lowest BCUT2D eigenvalue weighted by atomic mass is 10.2. The molecule has 0 atom stereocenters. The van der Waals surface area contributed by atoms with Gasteiger partial charge in [0, 0.05) is 9.50 Å². The molecule has 1 N–H and O–H groups in total. The van der Waals surface area contributed by atoms with E-state index in [1.165, 1.54) is 0 Å². The van der Waals surface area contributed by atoms with Crippen LogP contribution in [0.2, 0.25) is 5.02 Å². The number of aryl methyl sites for hydroxylation is 2. The van der Waals surface area contributed by atoms with Crippen LogP contribution in [0.3, 0.4) is 0 Å². The molecular weight excluding hydrogens is 362 g/mol. The van der Waals surface area contributed by atoms with Crippen LogP contribution in [0.4, 0.5) is 5.69 Å². The summed E-state index contributed by atoms with van der Waals surface area (Å²) in [5.74, 6) is 0. The van der Waals surface area contributed by atoms with Gasteiger partial charge in [0.05, 0.1) is 10.6 Å². The van der Waals surface area contributed by atoms with Gasteiger partial charge in [0.25, 0.3) is 10.0 Å². The molecule has 3 nitrogen and oxygen atoms in total. The minimum Gasteiger partial charge on any atom is -0.278 e. The number of benzene rings is 2. The van der Waals surface area contributed by atoms with Crippen LogP contribution >= 0.6 is 27.5 Å². The summed E-state index contributed by atoms with van der Waals surface area (Å²) in [6.07, 6.45) is 0. The Morgan fingerprint density at radius 3 is 2.40 bits per heavy atom. The average molecular weight is 375 g/mol. The second-order valence-corrected chi connectivity index (χ2v) is 7.36. The molecule has 0 spiro atoms. The van der Waals surface area contributed by atoms with E-state index < -0.39 is 10.0 Å². The van der Waals surface area contributed by atoms with Crippen molar-refractivity contribution < 1.29 is 8.42 Å². The van der Waals surface area contributed by atoms with Crippen molar-refractivity contribution in [3.8, 4) is 0 Å². The van der Waals surface area contributed by atoms with Crippen molar-refractivity contribution in [3.63, 3.8) is 0 Å². The largest absolute Gasteiger partial charge is 0.278 e. The Hall–Kier alpha value is -1.04. The monoisotopic (exact) mass is 373 g/mol. The molecule has 0 saturated heterocycles. The van der Waals surface area contributed by atoms with Gasteiger partial charge in [-0.3, -0.25) is 4.72 Å². The Morgan fingerprint density at radius 1 is 1.10 bits per heavy atom. The number of hydrogen-bond acceptors (Lipinski definition) is 2. The van der Waals surface area contributed by atoms with Gasteiger partial charge in [-0.15, -0.1) is 0 Å². The van der Waals surface area contributed by atoms with Crippen molar-refractivity contribution in [2.75, 3.05) is 4.72 Å². The van der Waals surface area contributed by atoms with Crippen LogP contribution in [-0.4, -0.2) is 8.42 Å². The van der Waals surface area contributed by atoms with E-state index in [2.05, 4.69) is 20.7 Å². The number of halogens is 2. The molecule has 20 heavy (non-hydrogen) atoms. The molecule has 0 radical (unpaired) electrons. The summed E-state index contributed by atoms with van der Waals surface area (Å²) < 4.78 is 28.2. The lowest BCUT2D eigenvalue weighted by Gasteiger charge is -2.13. The Morgan fingerprint density at radius 2 is 1.75 bits per heavy atom. The number of rotatable bonds is 3. The van der Waals surface area contributed by atoms with Gasteiger partial charge in [0.15, 0.2) is 0 Å². The zero-order chi connectivity index (χ0) is 14.9. The fourth-order valence-corrected chi connectivity index (χ4v) is 3.91. The summed E-state index contributed by atoms with van der Waals surface area (Å²) in [4.78, 5) is 0.232. The topological polar surface area (TPSA) is 46.2 Å². The van der Waals surface area contributed by atoms with Crippen LogP contribution in [0, 0.1) is 13.8 Å². The molecule has 0 heterocycles. The second-order valence-electron chi connectivity index (χ2n) is 4.45. The summed E-state index contributed by atoms with van der Waals surface area (Å²) in [5, 5.41) is 0.558. The van der Waals surface area contributed by atoms with Crippen LogP contribution in [0.15, 0.2) is 45.8 Å². The number of sulfonamides is 1. The highest BCUT2D eigenvalue weighted by Gasteiger charge is 2.19. The van der Waals surface area contributed by atoms with Gasteiger partial charge in [-0.1, -0.05) is 23.7 Å². The number of para-hydroxylation sites is 1. The molecule has 0 amide bonds. The first-order valence-corrected chi connectivity index (χ1v) is 8.51. The minimum atomic E-state index is -3.64. The standard InChI is InChI=1S/C14H13BrClNO2S/c1-9-8-14(10(2)7-12(9)16)20(18,19)17-13-6-4-3-5-11(13)15/h3-8,17H,1-2H3. The molecule has 0 fully saturated rings. The molecule has 0 saturated carbocycles. The highest BCUT2D eigenvalue weighted by molar-refractivity contribution is 9.10. The van der Waals surface area contributed by atoms with Crippen molar-refractivity contribution in [1.29, 1.82) is 0 Å². The third-order valence-electron chi connectivity index (χ3n) is 2.86. The van der Waals surface area contributed by atoms with Gasteiger partial charge in [0.2, 0.25) is 0 Å². The van der Waals surface area contributed by atoms with Gasteiger partial charge in [-0.2, -0.15) is 0 Å². The van der Waals surface area contributed by atoms with Gasteiger partial charge < -0.3 is 0 Å². The Labute approximate surface area is 132 Å². The number of hydrogen-bond donors (Lipinski definition) is 1. The SMILES string of the molecule is Cc1cc(S(=O)(=O)Nc2ccccc2Br)c(C)cc1Cl. The molecule has 0 aliphatic heterocycles. The molecule has 2 rings (SSSR count). The van der Waals surface area contributed by atoms with Crippen molar-refractivity contribution in [3.05, 3.63) is 57.0 Å². The van der Waals surface area contributed by atoms with E-state index >= 15 is 0 Å². The van der Waals surface area contributed by atoms with Crippen LogP contribution in [-0.2, 0) is 10.0 Å². The van der Waals surface area contributed by atoms with E-state index in [0.29, 0.717) is 20.7 Å². The number of anilines is 1. The lowest BCUT2D eigenvalue weighted by molar-refractivity contribution is 0.600. The molecular formula is C14H13BrClNO2S. The van der Waals surface area contributed by atoms with Crippen molar-refractivity contribution in [1.82, 2.24) is 0 Å². The normalized spacial score (nSPS) is 11.4. The molecule has 6 heteroatoms. The van der Waals surface area contributed by atoms with E-state index in [-0.39, 0.29) is 4.90 Å². The van der Waals surface area contributed by atoms with E-state index in [4.69, 9.17) is 11.6 Å². The van der Waals surface area contributed by atoms with E-state index in [9.17, 15) is 8.42 Å². The van der Waals surface area contributed by atoms with E-state index in [1.54, 1.807) is 44.2 Å². The van der Waals surface area contributed by atoms with Crippen LogP contribution in [0.1, 0.15) is 11.1 Å². The highest BCUT2D eigenvalue weighted by atomic mass is 79.9. The van der Waals surface area contributed by atoms with Crippen molar-refractivity contribution >= 4 is 43.2 Å². The average Bonchev–Trinajstić information content (AvgIpc) is 2.36. The summed E-state index contributed by atoms with van der Waals surface area (Å²) in [6, 6.07) is 10.3. The van der Waals surface area contributed by atoms with Gasteiger partial charge in [-0.05, 0) is 65.2 Å². The zero-order valence-corrected chi connectivity index (χ0v) is 14.1. The molecule has 0 aromatic heterocycles. The fourth-order valence-electron chi connectivity index (χ4n) is 1.79. The van der Waals surface area contributed by atoms with Gasteiger partial charge in [-0.25, -0.2) is 8.42 Å². The minimum absolute atomic E-state index is 0.232.